The van der Waals surface area contributed by atoms with Crippen LogP contribution in [0, 0.1) is 12.8 Å². The predicted molar refractivity (Wildman–Crippen MR) is 76.5 cm³/mol. The molecule has 0 aliphatic rings. The Hall–Kier alpha value is -0.540. The molecule has 0 aliphatic heterocycles. The van der Waals surface area contributed by atoms with Gasteiger partial charge < -0.3 is 5.32 Å². The van der Waals surface area contributed by atoms with Gasteiger partial charge in [-0.3, -0.25) is 0 Å². The number of aryl methyl sites for hydroxylation is 1. The van der Waals surface area contributed by atoms with Crippen LogP contribution < -0.4 is 5.32 Å². The monoisotopic (exact) mass is 252 g/mol. The Balaban J connectivity index is 2.56. The van der Waals surface area contributed by atoms with Gasteiger partial charge in [0, 0.05) is 18.0 Å². The summed E-state index contributed by atoms with van der Waals surface area (Å²) in [5, 5.41) is 5.19. The van der Waals surface area contributed by atoms with Crippen molar-refractivity contribution in [3.63, 3.8) is 0 Å². The molecule has 0 aromatic carbocycles. The third-order valence-electron chi connectivity index (χ3n) is 2.32. The summed E-state index contributed by atoms with van der Waals surface area (Å²) in [6, 6.07) is 2.24. The maximum atomic E-state index is 4.54. The minimum Gasteiger partial charge on any atom is -0.312 e. The molecule has 17 heavy (non-hydrogen) atoms. The summed E-state index contributed by atoms with van der Waals surface area (Å²) in [6.45, 7) is 13.0. The molecule has 96 valence electrons. The molecule has 0 bridgehead atoms. The standard InChI is InChI=1S/C14H24N2S/c1-10(2)7-15-8-13-6-12(5)14(16-9-13)17-11(3)4/h6,9-11,15H,7-8H2,1-5H3. The van der Waals surface area contributed by atoms with E-state index in [1.165, 1.54) is 11.1 Å². The molecule has 0 unspecified atom stereocenters. The van der Waals surface area contributed by atoms with Gasteiger partial charge in [-0.05, 0) is 30.5 Å². The van der Waals surface area contributed by atoms with Gasteiger partial charge in [0.15, 0.2) is 0 Å². The van der Waals surface area contributed by atoms with Gasteiger partial charge >= 0.3 is 0 Å². The number of aromatic nitrogens is 1. The molecule has 1 heterocycles. The molecule has 3 heteroatoms. The third-order valence-corrected chi connectivity index (χ3v) is 3.44. The van der Waals surface area contributed by atoms with E-state index in [9.17, 15) is 0 Å². The predicted octanol–water partition coefficient (Wildman–Crippen LogP) is 3.64. The smallest absolute Gasteiger partial charge is 0.0991 e. The van der Waals surface area contributed by atoms with Crippen LogP contribution in [-0.2, 0) is 6.54 Å². The fraction of sp³-hybridized carbons (Fsp3) is 0.643. The van der Waals surface area contributed by atoms with Crippen LogP contribution in [0.15, 0.2) is 17.3 Å². The zero-order valence-electron chi connectivity index (χ0n) is 11.6. The Bertz CT molecular complexity index is 348. The van der Waals surface area contributed by atoms with Crippen molar-refractivity contribution >= 4 is 11.8 Å². The molecule has 0 fully saturated rings. The van der Waals surface area contributed by atoms with Crippen LogP contribution in [0.2, 0.25) is 0 Å². The Morgan fingerprint density at radius 3 is 2.53 bits per heavy atom. The van der Waals surface area contributed by atoms with Crippen molar-refractivity contribution in [1.29, 1.82) is 0 Å². The van der Waals surface area contributed by atoms with Gasteiger partial charge in [0.05, 0.1) is 5.03 Å². The highest BCUT2D eigenvalue weighted by Gasteiger charge is 2.05. The van der Waals surface area contributed by atoms with Crippen LogP contribution in [0.25, 0.3) is 0 Å². The molecule has 1 N–H and O–H groups in total. The molecule has 0 spiro atoms. The van der Waals surface area contributed by atoms with E-state index in [1.54, 1.807) is 0 Å². The molecule has 1 rings (SSSR count). The van der Waals surface area contributed by atoms with E-state index in [-0.39, 0.29) is 0 Å². The highest BCUT2D eigenvalue weighted by Crippen LogP contribution is 2.24. The summed E-state index contributed by atoms with van der Waals surface area (Å²) in [6.07, 6.45) is 1.99. The van der Waals surface area contributed by atoms with Crippen molar-refractivity contribution in [2.24, 2.45) is 5.92 Å². The van der Waals surface area contributed by atoms with Crippen LogP contribution in [0.3, 0.4) is 0 Å². The first-order valence-electron chi connectivity index (χ1n) is 6.32. The van der Waals surface area contributed by atoms with Crippen molar-refractivity contribution in [1.82, 2.24) is 10.3 Å². The first-order chi connectivity index (χ1) is 7.99. The molecular weight excluding hydrogens is 228 g/mol. The second kappa shape index (κ2) is 7.02. The first kappa shape index (κ1) is 14.5. The van der Waals surface area contributed by atoms with Gasteiger partial charge in [0.25, 0.3) is 0 Å². The quantitative estimate of drug-likeness (QED) is 0.783. The van der Waals surface area contributed by atoms with Crippen molar-refractivity contribution < 1.29 is 0 Å². The van der Waals surface area contributed by atoms with E-state index in [0.29, 0.717) is 11.2 Å². The third kappa shape index (κ3) is 5.55. The average Bonchev–Trinajstić information content (AvgIpc) is 2.21. The van der Waals surface area contributed by atoms with E-state index in [4.69, 9.17) is 0 Å². The second-order valence-electron chi connectivity index (χ2n) is 5.16. The summed E-state index contributed by atoms with van der Waals surface area (Å²) < 4.78 is 0. The van der Waals surface area contributed by atoms with Crippen molar-refractivity contribution in [3.8, 4) is 0 Å². The highest BCUT2D eigenvalue weighted by atomic mass is 32.2. The molecule has 1 aromatic heterocycles. The van der Waals surface area contributed by atoms with E-state index < -0.39 is 0 Å². The Labute approximate surface area is 110 Å². The van der Waals surface area contributed by atoms with Crippen molar-refractivity contribution in [2.45, 2.75) is 51.4 Å². The minimum absolute atomic E-state index is 0.589. The Morgan fingerprint density at radius 2 is 2.00 bits per heavy atom. The topological polar surface area (TPSA) is 24.9 Å². The maximum Gasteiger partial charge on any atom is 0.0991 e. The van der Waals surface area contributed by atoms with Crippen molar-refractivity contribution in [2.75, 3.05) is 6.54 Å². The summed E-state index contributed by atoms with van der Waals surface area (Å²) in [7, 11) is 0. The molecule has 2 nitrogen and oxygen atoms in total. The maximum absolute atomic E-state index is 4.54. The molecule has 0 saturated heterocycles. The molecule has 1 aromatic rings. The molecule has 0 atom stereocenters. The highest BCUT2D eigenvalue weighted by molar-refractivity contribution is 7.99. The molecular formula is C14H24N2S. The molecule has 0 saturated carbocycles. The van der Waals surface area contributed by atoms with Gasteiger partial charge in [0.1, 0.15) is 0 Å². The van der Waals surface area contributed by atoms with E-state index >= 15 is 0 Å². The Kier molecular flexibility index (Phi) is 6.00. The number of nitrogens with zero attached hydrogens (tertiary/aromatic N) is 1. The number of thioether (sulfide) groups is 1. The largest absolute Gasteiger partial charge is 0.312 e. The zero-order chi connectivity index (χ0) is 12.8. The van der Waals surface area contributed by atoms with Gasteiger partial charge in [-0.2, -0.15) is 0 Å². The van der Waals surface area contributed by atoms with Crippen LogP contribution in [0.1, 0.15) is 38.8 Å². The summed E-state index contributed by atoms with van der Waals surface area (Å²) in [4.78, 5) is 4.54. The van der Waals surface area contributed by atoms with Gasteiger partial charge in [0.2, 0.25) is 0 Å². The Morgan fingerprint density at radius 1 is 1.29 bits per heavy atom. The molecule has 0 amide bonds. The summed E-state index contributed by atoms with van der Waals surface area (Å²) >= 11 is 1.83. The number of nitrogens with one attached hydrogen (secondary N) is 1. The van der Waals surface area contributed by atoms with Gasteiger partial charge in [-0.25, -0.2) is 4.98 Å². The normalized spacial score (nSPS) is 11.5. The molecule has 0 radical (unpaired) electrons. The lowest BCUT2D eigenvalue weighted by atomic mass is 10.2. The fourth-order valence-electron chi connectivity index (χ4n) is 1.57. The van der Waals surface area contributed by atoms with Crippen LogP contribution in [0.5, 0.6) is 0 Å². The summed E-state index contributed by atoms with van der Waals surface area (Å²) in [5.41, 5.74) is 2.56. The number of pyridine rings is 1. The lowest BCUT2D eigenvalue weighted by Crippen LogP contribution is -2.19. The van der Waals surface area contributed by atoms with Gasteiger partial charge in [-0.15, -0.1) is 11.8 Å². The second-order valence-corrected chi connectivity index (χ2v) is 6.72. The summed E-state index contributed by atoms with van der Waals surface area (Å²) in [5.74, 6) is 0.694. The van der Waals surface area contributed by atoms with Crippen LogP contribution in [-0.4, -0.2) is 16.8 Å². The van der Waals surface area contributed by atoms with Crippen LogP contribution >= 0.6 is 11.8 Å². The van der Waals surface area contributed by atoms with E-state index in [0.717, 1.165) is 18.1 Å². The lowest BCUT2D eigenvalue weighted by molar-refractivity contribution is 0.551. The zero-order valence-corrected chi connectivity index (χ0v) is 12.4. The SMILES string of the molecule is Cc1cc(CNCC(C)C)cnc1SC(C)C. The van der Waals surface area contributed by atoms with Gasteiger partial charge in [-0.1, -0.05) is 33.8 Å². The van der Waals surface area contributed by atoms with E-state index in [2.05, 4.69) is 51.0 Å². The minimum atomic E-state index is 0.589. The fourth-order valence-corrected chi connectivity index (χ4v) is 2.37. The number of hydrogen-bond acceptors (Lipinski definition) is 3. The van der Waals surface area contributed by atoms with E-state index in [1.807, 2.05) is 18.0 Å². The molecule has 0 aliphatic carbocycles. The number of rotatable bonds is 6. The number of hydrogen-bond donors (Lipinski definition) is 1. The van der Waals surface area contributed by atoms with Crippen LogP contribution in [0.4, 0.5) is 0 Å². The average molecular weight is 252 g/mol. The lowest BCUT2D eigenvalue weighted by Gasteiger charge is -2.10. The van der Waals surface area contributed by atoms with Crippen molar-refractivity contribution in [3.05, 3.63) is 23.4 Å². The first-order valence-corrected chi connectivity index (χ1v) is 7.20.